The van der Waals surface area contributed by atoms with E-state index in [2.05, 4.69) is 9.88 Å². The molecule has 3 heterocycles. The van der Waals surface area contributed by atoms with Crippen LogP contribution in [0.5, 0.6) is 0 Å². The van der Waals surface area contributed by atoms with Crippen molar-refractivity contribution in [2.75, 3.05) is 57.4 Å². The lowest BCUT2D eigenvalue weighted by Crippen LogP contribution is -2.40. The average Bonchev–Trinajstić information content (AvgIpc) is 3.23. The normalized spacial score (nSPS) is 18.7. The molecule has 10 heteroatoms. The molecule has 0 spiro atoms. The van der Waals surface area contributed by atoms with Crippen LogP contribution in [0.25, 0.3) is 0 Å². The van der Waals surface area contributed by atoms with Gasteiger partial charge >= 0.3 is 0 Å². The highest BCUT2D eigenvalue weighted by Crippen LogP contribution is 2.20. The van der Waals surface area contributed by atoms with Gasteiger partial charge in [0, 0.05) is 57.3 Å². The lowest BCUT2D eigenvalue weighted by Gasteiger charge is -2.26. The molecule has 2 fully saturated rings. The molecule has 8 nitrogen and oxygen atoms in total. The third kappa shape index (κ3) is 5.43. The van der Waals surface area contributed by atoms with Crippen LogP contribution in [-0.4, -0.2) is 81.0 Å². The first-order valence-corrected chi connectivity index (χ1v) is 12.9. The molecule has 0 radical (unpaired) electrons. The van der Waals surface area contributed by atoms with Crippen LogP contribution >= 0.6 is 11.3 Å². The van der Waals surface area contributed by atoms with Gasteiger partial charge in [-0.15, -0.1) is 11.3 Å². The van der Waals surface area contributed by atoms with Gasteiger partial charge in [0.15, 0.2) is 5.13 Å². The Morgan fingerprint density at radius 2 is 1.81 bits per heavy atom. The first kappa shape index (κ1) is 22.2. The van der Waals surface area contributed by atoms with E-state index in [1.54, 1.807) is 23.5 Å². The van der Waals surface area contributed by atoms with Crippen LogP contribution in [0.1, 0.15) is 18.4 Å². The number of morpholine rings is 1. The maximum Gasteiger partial charge on any atom is 0.243 e. The zero-order valence-electron chi connectivity index (χ0n) is 17.5. The number of sulfonamides is 1. The van der Waals surface area contributed by atoms with E-state index >= 15 is 0 Å². The zero-order valence-corrected chi connectivity index (χ0v) is 19.1. The van der Waals surface area contributed by atoms with Crippen LogP contribution < -0.4 is 4.90 Å². The first-order valence-electron chi connectivity index (χ1n) is 10.6. The fourth-order valence-corrected chi connectivity index (χ4v) is 6.01. The smallest absolute Gasteiger partial charge is 0.243 e. The molecule has 2 saturated heterocycles. The van der Waals surface area contributed by atoms with E-state index in [0.29, 0.717) is 50.6 Å². The molecule has 1 aromatic carbocycles. The topological polar surface area (TPSA) is 83.0 Å². The summed E-state index contributed by atoms with van der Waals surface area (Å²) >= 11 is 1.63. The number of rotatable bonds is 6. The molecule has 2 aromatic rings. The molecule has 1 aromatic heterocycles. The third-order valence-corrected chi connectivity index (χ3v) is 8.44. The Balaban J connectivity index is 1.29. The van der Waals surface area contributed by atoms with Crippen LogP contribution in [0.15, 0.2) is 40.7 Å². The predicted molar refractivity (Wildman–Crippen MR) is 120 cm³/mol. The molecule has 2 aliphatic rings. The second kappa shape index (κ2) is 10.1. The van der Waals surface area contributed by atoms with E-state index < -0.39 is 10.0 Å². The van der Waals surface area contributed by atoms with Gasteiger partial charge in [-0.25, -0.2) is 13.4 Å². The van der Waals surface area contributed by atoms with Crippen molar-refractivity contribution >= 4 is 32.4 Å². The Morgan fingerprint density at radius 1 is 1.03 bits per heavy atom. The van der Waals surface area contributed by atoms with Crippen molar-refractivity contribution in [2.24, 2.45) is 0 Å². The van der Waals surface area contributed by atoms with E-state index in [-0.39, 0.29) is 5.91 Å². The van der Waals surface area contributed by atoms with Crippen LogP contribution in [0.2, 0.25) is 0 Å². The molecule has 31 heavy (non-hydrogen) atoms. The highest BCUT2D eigenvalue weighted by Gasteiger charge is 2.26. The molecule has 0 saturated carbocycles. The van der Waals surface area contributed by atoms with Gasteiger partial charge in [-0.3, -0.25) is 4.79 Å². The minimum Gasteiger partial charge on any atom is -0.379 e. The molecule has 2 aliphatic heterocycles. The van der Waals surface area contributed by atoms with Crippen molar-refractivity contribution in [3.63, 3.8) is 0 Å². The van der Waals surface area contributed by atoms with Gasteiger partial charge in [-0.2, -0.15) is 4.31 Å². The molecule has 0 bridgehead atoms. The summed E-state index contributed by atoms with van der Waals surface area (Å²) in [6.45, 7) is 4.80. The van der Waals surface area contributed by atoms with Gasteiger partial charge < -0.3 is 14.5 Å². The highest BCUT2D eigenvalue weighted by molar-refractivity contribution is 7.89. The van der Waals surface area contributed by atoms with Crippen molar-refractivity contribution in [3.05, 3.63) is 41.4 Å². The van der Waals surface area contributed by atoms with Crippen molar-refractivity contribution in [1.29, 1.82) is 0 Å². The molecular weight excluding hydrogens is 436 g/mol. The number of carbonyl (C=O) groups is 1. The summed E-state index contributed by atoms with van der Waals surface area (Å²) < 4.78 is 32.1. The summed E-state index contributed by atoms with van der Waals surface area (Å²) in [4.78, 5) is 21.6. The Hall–Kier alpha value is -2.01. The monoisotopic (exact) mass is 464 g/mol. The molecule has 1 amide bonds. The van der Waals surface area contributed by atoms with Gasteiger partial charge in [-0.1, -0.05) is 12.1 Å². The molecule has 168 valence electrons. The second-order valence-electron chi connectivity index (χ2n) is 7.70. The summed E-state index contributed by atoms with van der Waals surface area (Å²) in [5, 5.41) is 2.99. The van der Waals surface area contributed by atoms with E-state index in [4.69, 9.17) is 4.74 Å². The number of aromatic nitrogens is 1. The number of amides is 1. The Bertz CT molecular complexity index is 958. The predicted octanol–water partition coefficient (Wildman–Crippen LogP) is 1.84. The van der Waals surface area contributed by atoms with E-state index in [0.717, 1.165) is 36.8 Å². The van der Waals surface area contributed by atoms with E-state index in [9.17, 15) is 13.2 Å². The molecule has 0 atom stereocenters. The SMILES string of the molecule is O=C(CCc1ccc(S(=O)(=O)N2CCOCC2)cc1)N1CCCN(c2nccs2)CC1. The van der Waals surface area contributed by atoms with Crippen molar-refractivity contribution in [3.8, 4) is 0 Å². The number of anilines is 1. The van der Waals surface area contributed by atoms with Crippen LogP contribution in [-0.2, 0) is 26.0 Å². The standard InChI is InChI=1S/C21H28N4O4S2/c26-20(23-9-1-10-24(12-11-23)21-22-8-17-30-21)7-4-18-2-5-19(6-3-18)31(27,28)25-13-15-29-16-14-25/h2-3,5-6,8,17H,1,4,7,9-16H2. The Kier molecular flexibility index (Phi) is 7.21. The van der Waals surface area contributed by atoms with Crippen molar-refractivity contribution < 1.29 is 17.9 Å². The maximum absolute atomic E-state index is 12.7. The Morgan fingerprint density at radius 3 is 2.52 bits per heavy atom. The summed E-state index contributed by atoms with van der Waals surface area (Å²) in [6, 6.07) is 6.91. The summed E-state index contributed by atoms with van der Waals surface area (Å²) in [6.07, 6.45) is 3.76. The summed E-state index contributed by atoms with van der Waals surface area (Å²) in [5.74, 6) is 0.144. The van der Waals surface area contributed by atoms with Gasteiger partial charge in [0.1, 0.15) is 0 Å². The summed E-state index contributed by atoms with van der Waals surface area (Å²) in [5.41, 5.74) is 0.966. The average molecular weight is 465 g/mol. The number of carbonyl (C=O) groups excluding carboxylic acids is 1. The molecular formula is C21H28N4O4S2. The van der Waals surface area contributed by atoms with Gasteiger partial charge in [0.05, 0.1) is 18.1 Å². The fourth-order valence-electron chi connectivity index (χ4n) is 3.90. The van der Waals surface area contributed by atoms with E-state index in [1.165, 1.54) is 4.31 Å². The summed E-state index contributed by atoms with van der Waals surface area (Å²) in [7, 11) is -3.49. The van der Waals surface area contributed by atoms with Crippen molar-refractivity contribution in [1.82, 2.24) is 14.2 Å². The largest absolute Gasteiger partial charge is 0.379 e. The van der Waals surface area contributed by atoms with E-state index in [1.807, 2.05) is 28.6 Å². The van der Waals surface area contributed by atoms with Crippen LogP contribution in [0, 0.1) is 0 Å². The fraction of sp³-hybridized carbons (Fsp3) is 0.524. The maximum atomic E-state index is 12.7. The van der Waals surface area contributed by atoms with Crippen molar-refractivity contribution in [2.45, 2.75) is 24.2 Å². The number of thiazole rings is 1. The Labute approximate surface area is 187 Å². The van der Waals surface area contributed by atoms with Crippen LogP contribution in [0.4, 0.5) is 5.13 Å². The highest BCUT2D eigenvalue weighted by atomic mass is 32.2. The molecule has 0 aliphatic carbocycles. The molecule has 0 N–H and O–H groups in total. The second-order valence-corrected chi connectivity index (χ2v) is 10.5. The zero-order chi connectivity index (χ0) is 21.7. The van der Waals surface area contributed by atoms with Crippen LogP contribution in [0.3, 0.4) is 0 Å². The number of ether oxygens (including phenoxy) is 1. The third-order valence-electron chi connectivity index (χ3n) is 5.70. The van der Waals surface area contributed by atoms with Gasteiger partial charge in [0.25, 0.3) is 0 Å². The van der Waals surface area contributed by atoms with Gasteiger partial charge in [0.2, 0.25) is 15.9 Å². The van der Waals surface area contributed by atoms with Gasteiger partial charge in [-0.05, 0) is 30.5 Å². The molecule has 4 rings (SSSR count). The molecule has 0 unspecified atom stereocenters. The number of hydrogen-bond acceptors (Lipinski definition) is 7. The number of hydrogen-bond donors (Lipinski definition) is 0. The minimum absolute atomic E-state index is 0.144. The lowest BCUT2D eigenvalue weighted by molar-refractivity contribution is -0.130. The first-order chi connectivity index (χ1) is 15.0. The number of benzene rings is 1. The quantitative estimate of drug-likeness (QED) is 0.649. The lowest BCUT2D eigenvalue weighted by atomic mass is 10.1. The number of aryl methyl sites for hydroxylation is 1. The minimum atomic E-state index is -3.49. The number of nitrogens with zero attached hydrogens (tertiary/aromatic N) is 4.